The van der Waals surface area contributed by atoms with Crippen LogP contribution in [0.25, 0.3) is 22.0 Å². The fraction of sp³-hybridized carbons (Fsp3) is 0.222. The molecule has 0 saturated carbocycles. The van der Waals surface area contributed by atoms with Gasteiger partial charge in [0.05, 0.1) is 19.9 Å². The predicted octanol–water partition coefficient (Wildman–Crippen LogP) is 4.28. The molecule has 1 aliphatic heterocycles. The highest BCUT2D eigenvalue weighted by Gasteiger charge is 2.27. The summed E-state index contributed by atoms with van der Waals surface area (Å²) in [4.78, 5) is 17.2. The maximum absolute atomic E-state index is 13.2. The lowest BCUT2D eigenvalue weighted by Crippen LogP contribution is -2.49. The molecule has 34 heavy (non-hydrogen) atoms. The van der Waals surface area contributed by atoms with Crippen molar-refractivity contribution in [3.8, 4) is 22.8 Å². The Morgan fingerprint density at radius 1 is 0.765 bits per heavy atom. The van der Waals surface area contributed by atoms with E-state index in [1.807, 2.05) is 41.3 Å². The van der Waals surface area contributed by atoms with Crippen LogP contribution < -0.4 is 14.4 Å². The lowest BCUT2D eigenvalue weighted by atomic mass is 10.0. The van der Waals surface area contributed by atoms with Crippen LogP contribution in [0.15, 0.2) is 72.8 Å². The number of anilines is 1. The van der Waals surface area contributed by atoms with E-state index in [9.17, 15) is 4.79 Å². The van der Waals surface area contributed by atoms with Gasteiger partial charge in [-0.3, -0.25) is 4.79 Å². The standard InChI is InChI=1S/C27H26N4O3/c1-33-23-11-6-12-24(34-2)26(23)27(32)31-17-15-30(16-18-31)25-14-13-22(28-29-25)21-10-5-8-19-7-3-4-9-20(19)21/h3-14H,15-18H2,1-2H3. The summed E-state index contributed by atoms with van der Waals surface area (Å²) in [6.07, 6.45) is 0. The molecule has 5 rings (SSSR count). The molecule has 1 aromatic heterocycles. The number of carbonyl (C=O) groups is 1. The molecular weight excluding hydrogens is 428 g/mol. The number of methoxy groups -OCH3 is 2. The van der Waals surface area contributed by atoms with Gasteiger partial charge in [0, 0.05) is 31.7 Å². The number of aromatic nitrogens is 2. The molecule has 2 heterocycles. The molecule has 0 bridgehead atoms. The first kappa shape index (κ1) is 21.7. The van der Waals surface area contributed by atoms with Crippen molar-refractivity contribution in [2.45, 2.75) is 0 Å². The molecule has 7 nitrogen and oxygen atoms in total. The Morgan fingerprint density at radius 3 is 2.12 bits per heavy atom. The SMILES string of the molecule is COc1cccc(OC)c1C(=O)N1CCN(c2ccc(-c3cccc4ccccc34)nn2)CC1. The zero-order valence-electron chi connectivity index (χ0n) is 19.3. The number of fused-ring (bicyclic) bond motifs is 1. The second-order valence-corrected chi connectivity index (χ2v) is 8.12. The molecule has 0 atom stereocenters. The molecule has 3 aromatic carbocycles. The van der Waals surface area contributed by atoms with Crippen LogP contribution in [0.5, 0.6) is 11.5 Å². The molecule has 0 N–H and O–H groups in total. The Bertz CT molecular complexity index is 1290. The molecule has 0 unspecified atom stereocenters. The number of nitrogens with zero attached hydrogens (tertiary/aromatic N) is 4. The van der Waals surface area contributed by atoms with Crippen molar-refractivity contribution in [2.75, 3.05) is 45.3 Å². The Kier molecular flexibility index (Phi) is 5.99. The fourth-order valence-electron chi connectivity index (χ4n) is 4.45. The second-order valence-electron chi connectivity index (χ2n) is 8.12. The molecule has 172 valence electrons. The van der Waals surface area contributed by atoms with Gasteiger partial charge in [-0.05, 0) is 35.0 Å². The number of amides is 1. The van der Waals surface area contributed by atoms with E-state index in [0.29, 0.717) is 43.2 Å². The summed E-state index contributed by atoms with van der Waals surface area (Å²) in [5.74, 6) is 1.75. The quantitative estimate of drug-likeness (QED) is 0.449. The fourth-order valence-corrected chi connectivity index (χ4v) is 4.45. The molecule has 0 radical (unpaired) electrons. The maximum Gasteiger partial charge on any atom is 0.261 e. The van der Waals surface area contributed by atoms with Crippen LogP contribution in [-0.2, 0) is 0 Å². The first-order valence-electron chi connectivity index (χ1n) is 11.3. The van der Waals surface area contributed by atoms with Crippen molar-refractivity contribution in [1.82, 2.24) is 15.1 Å². The number of carbonyl (C=O) groups excluding carboxylic acids is 1. The van der Waals surface area contributed by atoms with Crippen LogP contribution in [0, 0.1) is 0 Å². The lowest BCUT2D eigenvalue weighted by Gasteiger charge is -2.35. The average Bonchev–Trinajstić information content (AvgIpc) is 2.92. The van der Waals surface area contributed by atoms with Gasteiger partial charge in [0.25, 0.3) is 5.91 Å². The van der Waals surface area contributed by atoms with E-state index in [0.717, 1.165) is 22.5 Å². The molecule has 1 saturated heterocycles. The summed E-state index contributed by atoms with van der Waals surface area (Å²) in [7, 11) is 3.12. The molecule has 0 spiro atoms. The molecule has 7 heteroatoms. The third-order valence-corrected chi connectivity index (χ3v) is 6.25. The van der Waals surface area contributed by atoms with Gasteiger partial charge in [-0.25, -0.2) is 0 Å². The molecular formula is C27H26N4O3. The van der Waals surface area contributed by atoms with Crippen molar-refractivity contribution in [2.24, 2.45) is 0 Å². The van der Waals surface area contributed by atoms with Crippen LogP contribution >= 0.6 is 0 Å². The smallest absolute Gasteiger partial charge is 0.261 e. The summed E-state index contributed by atoms with van der Waals surface area (Å²) >= 11 is 0. The topological polar surface area (TPSA) is 67.8 Å². The van der Waals surface area contributed by atoms with E-state index in [2.05, 4.69) is 39.4 Å². The van der Waals surface area contributed by atoms with Gasteiger partial charge >= 0.3 is 0 Å². The van der Waals surface area contributed by atoms with Crippen LogP contribution in [0.3, 0.4) is 0 Å². The number of ether oxygens (including phenoxy) is 2. The zero-order chi connectivity index (χ0) is 23.5. The summed E-state index contributed by atoms with van der Waals surface area (Å²) in [6.45, 7) is 2.50. The normalized spacial score (nSPS) is 13.7. The van der Waals surface area contributed by atoms with Crippen LogP contribution in [-0.4, -0.2) is 61.4 Å². The minimum atomic E-state index is -0.0914. The minimum Gasteiger partial charge on any atom is -0.496 e. The van der Waals surface area contributed by atoms with E-state index >= 15 is 0 Å². The maximum atomic E-state index is 13.2. The second kappa shape index (κ2) is 9.39. The lowest BCUT2D eigenvalue weighted by molar-refractivity contribution is 0.0739. The van der Waals surface area contributed by atoms with Crippen molar-refractivity contribution >= 4 is 22.5 Å². The van der Waals surface area contributed by atoms with Gasteiger partial charge in [0.1, 0.15) is 17.1 Å². The van der Waals surface area contributed by atoms with Crippen molar-refractivity contribution in [3.05, 3.63) is 78.4 Å². The Morgan fingerprint density at radius 2 is 1.44 bits per heavy atom. The number of piperazine rings is 1. The summed E-state index contributed by atoms with van der Waals surface area (Å²) in [5, 5.41) is 11.4. The highest BCUT2D eigenvalue weighted by Crippen LogP contribution is 2.31. The highest BCUT2D eigenvalue weighted by molar-refractivity contribution is 6.00. The van der Waals surface area contributed by atoms with Crippen LogP contribution in [0.2, 0.25) is 0 Å². The summed E-state index contributed by atoms with van der Waals surface area (Å²) in [6, 6.07) is 23.9. The van der Waals surface area contributed by atoms with Crippen molar-refractivity contribution in [3.63, 3.8) is 0 Å². The average molecular weight is 455 g/mol. The Balaban J connectivity index is 1.30. The van der Waals surface area contributed by atoms with Crippen molar-refractivity contribution in [1.29, 1.82) is 0 Å². The first-order chi connectivity index (χ1) is 16.7. The number of rotatable bonds is 5. The van der Waals surface area contributed by atoms with Crippen LogP contribution in [0.4, 0.5) is 5.82 Å². The van der Waals surface area contributed by atoms with E-state index in [4.69, 9.17) is 9.47 Å². The summed E-state index contributed by atoms with van der Waals surface area (Å²) < 4.78 is 10.8. The minimum absolute atomic E-state index is 0.0914. The Labute approximate surface area is 198 Å². The van der Waals surface area contributed by atoms with Crippen LogP contribution in [0.1, 0.15) is 10.4 Å². The molecule has 1 aliphatic rings. The van der Waals surface area contributed by atoms with Gasteiger partial charge in [-0.15, -0.1) is 10.2 Å². The third-order valence-electron chi connectivity index (χ3n) is 6.25. The predicted molar refractivity (Wildman–Crippen MR) is 133 cm³/mol. The first-order valence-corrected chi connectivity index (χ1v) is 11.3. The molecule has 4 aromatic rings. The Hall–Kier alpha value is -4.13. The highest BCUT2D eigenvalue weighted by atomic mass is 16.5. The molecule has 0 aliphatic carbocycles. The molecule has 1 amide bonds. The summed E-state index contributed by atoms with van der Waals surface area (Å²) in [5.41, 5.74) is 2.37. The monoisotopic (exact) mass is 454 g/mol. The van der Waals surface area contributed by atoms with E-state index in [1.54, 1.807) is 26.4 Å². The molecule has 1 fully saturated rings. The number of hydrogen-bond donors (Lipinski definition) is 0. The zero-order valence-corrected chi connectivity index (χ0v) is 19.3. The van der Waals surface area contributed by atoms with Crippen molar-refractivity contribution < 1.29 is 14.3 Å². The number of hydrogen-bond acceptors (Lipinski definition) is 6. The van der Waals surface area contributed by atoms with Gasteiger partial charge in [0.2, 0.25) is 0 Å². The third kappa shape index (κ3) is 4.01. The van der Waals surface area contributed by atoms with Gasteiger partial charge in [-0.1, -0.05) is 48.5 Å². The van der Waals surface area contributed by atoms with E-state index in [1.165, 1.54) is 5.39 Å². The van der Waals surface area contributed by atoms with Gasteiger partial charge in [-0.2, -0.15) is 0 Å². The largest absolute Gasteiger partial charge is 0.496 e. The number of benzene rings is 3. The van der Waals surface area contributed by atoms with E-state index < -0.39 is 0 Å². The van der Waals surface area contributed by atoms with Gasteiger partial charge < -0.3 is 19.3 Å². The van der Waals surface area contributed by atoms with Gasteiger partial charge in [0.15, 0.2) is 5.82 Å². The van der Waals surface area contributed by atoms with E-state index in [-0.39, 0.29) is 5.91 Å².